The Labute approximate surface area is 201 Å². The molecule has 0 aliphatic heterocycles. The van der Waals surface area contributed by atoms with Crippen molar-refractivity contribution in [2.45, 2.75) is 38.7 Å². The lowest BCUT2D eigenvalue weighted by atomic mass is 9.82. The summed E-state index contributed by atoms with van der Waals surface area (Å²) in [5.41, 5.74) is 1.37. The molecule has 1 aromatic heterocycles. The van der Waals surface area contributed by atoms with Gasteiger partial charge in [0.1, 0.15) is 11.3 Å². The molecule has 178 valence electrons. The van der Waals surface area contributed by atoms with Gasteiger partial charge in [-0.05, 0) is 55.7 Å². The van der Waals surface area contributed by atoms with Crippen molar-refractivity contribution in [3.63, 3.8) is 0 Å². The Hall–Kier alpha value is -3.32. The summed E-state index contributed by atoms with van der Waals surface area (Å²) in [5.74, 6) is -0.833. The summed E-state index contributed by atoms with van der Waals surface area (Å²) in [4.78, 5) is 35.8. The van der Waals surface area contributed by atoms with Crippen LogP contribution in [0.25, 0.3) is 22.1 Å². The third kappa shape index (κ3) is 5.42. The van der Waals surface area contributed by atoms with Crippen LogP contribution < -0.4 is 15.7 Å². The molecule has 1 aliphatic rings. The van der Waals surface area contributed by atoms with Crippen LogP contribution >= 0.6 is 11.6 Å². The summed E-state index contributed by atoms with van der Waals surface area (Å²) < 4.78 is 11.2. The van der Waals surface area contributed by atoms with Crippen LogP contribution in [0, 0.1) is 11.8 Å². The number of carboxylic acid groups (broad SMARTS) is 1. The molecule has 1 heterocycles. The Kier molecular flexibility index (Phi) is 7.22. The lowest BCUT2D eigenvalue weighted by Gasteiger charge is -2.26. The number of rotatable bonds is 7. The predicted molar refractivity (Wildman–Crippen MR) is 129 cm³/mol. The van der Waals surface area contributed by atoms with E-state index in [4.69, 9.17) is 25.9 Å². The van der Waals surface area contributed by atoms with Crippen LogP contribution in [0.2, 0.25) is 5.02 Å². The molecule has 1 saturated carbocycles. The maximum atomic E-state index is 12.6. The van der Waals surface area contributed by atoms with Crippen LogP contribution in [-0.4, -0.2) is 29.6 Å². The third-order valence-electron chi connectivity index (χ3n) is 6.32. The van der Waals surface area contributed by atoms with Crippen LogP contribution in [0.1, 0.15) is 32.6 Å². The Balaban J connectivity index is 1.44. The zero-order valence-electron chi connectivity index (χ0n) is 18.8. The minimum Gasteiger partial charge on any atom is -0.481 e. The largest absolute Gasteiger partial charge is 0.481 e. The lowest BCUT2D eigenvalue weighted by Crippen LogP contribution is -2.39. The highest BCUT2D eigenvalue weighted by molar-refractivity contribution is 6.33. The van der Waals surface area contributed by atoms with E-state index in [2.05, 4.69) is 5.32 Å². The first-order valence-corrected chi connectivity index (χ1v) is 11.7. The number of ether oxygens (including phenoxy) is 1. The molecule has 1 unspecified atom stereocenters. The van der Waals surface area contributed by atoms with Gasteiger partial charge < -0.3 is 19.6 Å². The van der Waals surface area contributed by atoms with Gasteiger partial charge in [-0.2, -0.15) is 0 Å². The van der Waals surface area contributed by atoms with Crippen molar-refractivity contribution in [3.05, 3.63) is 64.0 Å². The molecule has 1 fully saturated rings. The highest BCUT2D eigenvalue weighted by Gasteiger charge is 2.27. The number of aliphatic carboxylic acids is 1. The minimum absolute atomic E-state index is 0.243. The highest BCUT2D eigenvalue weighted by atomic mass is 35.5. The molecule has 7 nitrogen and oxygen atoms in total. The van der Waals surface area contributed by atoms with E-state index in [0.717, 1.165) is 18.4 Å². The quantitative estimate of drug-likeness (QED) is 0.463. The molecule has 1 amide bonds. The van der Waals surface area contributed by atoms with E-state index in [-0.39, 0.29) is 23.5 Å². The van der Waals surface area contributed by atoms with Crippen LogP contribution in [0.15, 0.2) is 57.7 Å². The van der Waals surface area contributed by atoms with Gasteiger partial charge in [0.15, 0.2) is 6.10 Å². The summed E-state index contributed by atoms with van der Waals surface area (Å²) in [6.07, 6.45) is 1.97. The van der Waals surface area contributed by atoms with Gasteiger partial charge in [-0.3, -0.25) is 9.59 Å². The van der Waals surface area contributed by atoms with Gasteiger partial charge in [-0.25, -0.2) is 4.79 Å². The first-order chi connectivity index (χ1) is 16.3. The highest BCUT2D eigenvalue weighted by Crippen LogP contribution is 2.35. The standard InChI is InChI=1S/C26H26ClNO6/c1-15(25(30)28-14-16-7-9-18(10-8-16)26(31)32)33-23-13-22-20(11-21(23)27)19(12-24(29)34-22)17-5-3-2-4-6-17/h2-6,11-13,15-16,18H,7-10,14H2,1H3,(H,28,30)(H,31,32). The van der Waals surface area contributed by atoms with Crippen molar-refractivity contribution in [2.75, 3.05) is 6.54 Å². The maximum Gasteiger partial charge on any atom is 0.336 e. The van der Waals surface area contributed by atoms with E-state index in [1.807, 2.05) is 30.3 Å². The van der Waals surface area contributed by atoms with Crippen LogP contribution in [0.5, 0.6) is 5.75 Å². The first-order valence-electron chi connectivity index (χ1n) is 11.3. The fourth-order valence-electron chi connectivity index (χ4n) is 4.36. The van der Waals surface area contributed by atoms with Crippen LogP contribution in [0.3, 0.4) is 0 Å². The van der Waals surface area contributed by atoms with Gasteiger partial charge in [0.2, 0.25) is 0 Å². The number of amides is 1. The number of halogens is 1. The molecule has 1 atom stereocenters. The molecule has 0 saturated heterocycles. The summed E-state index contributed by atoms with van der Waals surface area (Å²) in [5, 5.41) is 13.0. The number of fused-ring (bicyclic) bond motifs is 1. The van der Waals surface area contributed by atoms with Crippen LogP contribution in [-0.2, 0) is 9.59 Å². The Morgan fingerprint density at radius 1 is 1.15 bits per heavy atom. The molecule has 2 aromatic carbocycles. The molecule has 0 spiro atoms. The summed E-state index contributed by atoms with van der Waals surface area (Å²) in [6, 6.07) is 14.1. The molecule has 1 aliphatic carbocycles. The lowest BCUT2D eigenvalue weighted by molar-refractivity contribution is -0.143. The smallest absolute Gasteiger partial charge is 0.336 e. The molecule has 8 heteroatoms. The molecule has 2 N–H and O–H groups in total. The van der Waals surface area contributed by atoms with Gasteiger partial charge in [0.25, 0.3) is 5.91 Å². The second kappa shape index (κ2) is 10.3. The summed E-state index contributed by atoms with van der Waals surface area (Å²) in [6.45, 7) is 2.09. The second-order valence-electron chi connectivity index (χ2n) is 8.69. The number of hydrogen-bond acceptors (Lipinski definition) is 5. The van der Waals surface area contributed by atoms with Crippen molar-refractivity contribution in [1.82, 2.24) is 5.32 Å². The molecule has 0 radical (unpaired) electrons. The number of carbonyl (C=O) groups is 2. The predicted octanol–water partition coefficient (Wildman–Crippen LogP) is 4.89. The molecule has 4 rings (SSSR count). The summed E-state index contributed by atoms with van der Waals surface area (Å²) >= 11 is 6.46. The number of nitrogens with one attached hydrogen (secondary N) is 1. The van der Waals surface area contributed by atoms with Gasteiger partial charge in [-0.1, -0.05) is 41.9 Å². The molecule has 34 heavy (non-hydrogen) atoms. The number of carbonyl (C=O) groups excluding carboxylic acids is 1. The van der Waals surface area contributed by atoms with Gasteiger partial charge in [0.05, 0.1) is 10.9 Å². The van der Waals surface area contributed by atoms with Crippen molar-refractivity contribution < 1.29 is 23.8 Å². The van der Waals surface area contributed by atoms with Crippen molar-refractivity contribution in [3.8, 4) is 16.9 Å². The van der Waals surface area contributed by atoms with Crippen molar-refractivity contribution in [1.29, 1.82) is 0 Å². The zero-order valence-corrected chi connectivity index (χ0v) is 19.5. The van der Waals surface area contributed by atoms with Gasteiger partial charge in [0, 0.05) is 24.1 Å². The Bertz CT molecular complexity index is 1250. The molecular formula is C26H26ClNO6. The average Bonchev–Trinajstić information content (AvgIpc) is 2.83. The average molecular weight is 484 g/mol. The van der Waals surface area contributed by atoms with Gasteiger partial charge in [-0.15, -0.1) is 0 Å². The fourth-order valence-corrected chi connectivity index (χ4v) is 4.56. The SMILES string of the molecule is CC(Oc1cc2oc(=O)cc(-c3ccccc3)c2cc1Cl)C(=O)NCC1CCC(C(=O)O)CC1. The van der Waals surface area contributed by atoms with E-state index >= 15 is 0 Å². The third-order valence-corrected chi connectivity index (χ3v) is 6.61. The number of hydrogen-bond donors (Lipinski definition) is 2. The van der Waals surface area contributed by atoms with Crippen molar-refractivity contribution in [2.24, 2.45) is 11.8 Å². The topological polar surface area (TPSA) is 106 Å². The second-order valence-corrected chi connectivity index (χ2v) is 9.09. The first kappa shape index (κ1) is 23.8. The summed E-state index contributed by atoms with van der Waals surface area (Å²) in [7, 11) is 0. The van der Waals surface area contributed by atoms with Crippen molar-refractivity contribution >= 4 is 34.4 Å². The zero-order chi connectivity index (χ0) is 24.2. The monoisotopic (exact) mass is 483 g/mol. The van der Waals surface area contributed by atoms with Crippen LogP contribution in [0.4, 0.5) is 0 Å². The fraction of sp³-hybridized carbons (Fsp3) is 0.346. The van der Waals surface area contributed by atoms with E-state index in [0.29, 0.717) is 40.9 Å². The molecule has 0 bridgehead atoms. The Morgan fingerprint density at radius 3 is 2.53 bits per heavy atom. The number of carboxylic acids is 1. The normalized spacial score (nSPS) is 18.9. The number of benzene rings is 2. The molecule has 3 aromatic rings. The van der Waals surface area contributed by atoms with Gasteiger partial charge >= 0.3 is 11.6 Å². The minimum atomic E-state index is -0.825. The Morgan fingerprint density at radius 2 is 1.85 bits per heavy atom. The van der Waals surface area contributed by atoms with E-state index in [1.54, 1.807) is 13.0 Å². The van der Waals surface area contributed by atoms with E-state index in [9.17, 15) is 14.4 Å². The van der Waals surface area contributed by atoms with E-state index < -0.39 is 17.7 Å². The van der Waals surface area contributed by atoms with E-state index in [1.165, 1.54) is 12.1 Å². The molecular weight excluding hydrogens is 458 g/mol. The maximum absolute atomic E-state index is 12.6.